The van der Waals surface area contributed by atoms with Crippen molar-refractivity contribution in [2.75, 3.05) is 25.1 Å². The highest BCUT2D eigenvalue weighted by atomic mass is 32.1. The van der Waals surface area contributed by atoms with Crippen LogP contribution < -0.4 is 5.32 Å². The van der Waals surface area contributed by atoms with Crippen LogP contribution in [0.3, 0.4) is 0 Å². The number of carboxylic acids is 1. The van der Waals surface area contributed by atoms with Gasteiger partial charge in [0, 0.05) is 6.54 Å². The lowest BCUT2D eigenvalue weighted by atomic mass is 10.2. The summed E-state index contributed by atoms with van der Waals surface area (Å²) in [5.74, 6) is -1.04. The Labute approximate surface area is 115 Å². The van der Waals surface area contributed by atoms with Crippen LogP contribution in [0, 0.1) is 0 Å². The van der Waals surface area contributed by atoms with Gasteiger partial charge in [-0.05, 0) is 17.9 Å². The number of rotatable bonds is 3. The second-order valence-corrected chi connectivity index (χ2v) is 5.15. The van der Waals surface area contributed by atoms with Crippen molar-refractivity contribution in [3.05, 3.63) is 17.0 Å². The Bertz CT molecular complexity index is 474. The molecular formula is C12H16N2O4S. The summed E-state index contributed by atoms with van der Waals surface area (Å²) in [4.78, 5) is 24.9. The summed E-state index contributed by atoms with van der Waals surface area (Å²) in [5, 5.41) is 13.7. The van der Waals surface area contributed by atoms with Crippen LogP contribution in [0.2, 0.25) is 0 Å². The number of aromatic carboxylic acids is 1. The molecule has 0 bridgehead atoms. The van der Waals surface area contributed by atoms with E-state index in [0.717, 1.165) is 6.42 Å². The van der Waals surface area contributed by atoms with Gasteiger partial charge in [0.25, 0.3) is 0 Å². The predicted octanol–water partition coefficient (Wildman–Crippen LogP) is 2.09. The number of carbonyl (C=O) groups excluding carboxylic acids is 1. The maximum Gasteiger partial charge on any atom is 0.338 e. The van der Waals surface area contributed by atoms with E-state index in [4.69, 9.17) is 9.84 Å². The molecule has 1 aromatic heterocycles. The summed E-state index contributed by atoms with van der Waals surface area (Å²) < 4.78 is 5.34. The first-order valence-corrected chi connectivity index (χ1v) is 6.97. The van der Waals surface area contributed by atoms with Gasteiger partial charge in [-0.25, -0.2) is 9.59 Å². The second kappa shape index (κ2) is 6.03. The predicted molar refractivity (Wildman–Crippen MR) is 71.9 cm³/mol. The number of nitrogens with one attached hydrogen (secondary N) is 1. The zero-order chi connectivity index (χ0) is 13.8. The number of carboxylic acid groups (broad SMARTS) is 1. The summed E-state index contributed by atoms with van der Waals surface area (Å²) in [6.07, 6.45) is 0.809. The molecule has 19 heavy (non-hydrogen) atoms. The fraction of sp³-hybridized carbons (Fsp3) is 0.500. The molecule has 0 spiro atoms. The number of carbonyl (C=O) groups is 2. The first kappa shape index (κ1) is 13.8. The standard InChI is InChI=1S/C12H16N2O4S/c1-2-8-7-18-5-4-14(8)12(17)13-10-9(11(15)16)3-6-19-10/h3,6,8H,2,4-5,7H2,1H3,(H,13,17)(H,15,16). The maximum absolute atomic E-state index is 12.2. The molecule has 2 heterocycles. The Balaban J connectivity index is 2.07. The smallest absolute Gasteiger partial charge is 0.338 e. The molecule has 2 amide bonds. The largest absolute Gasteiger partial charge is 0.478 e. The number of nitrogens with zero attached hydrogens (tertiary/aromatic N) is 1. The normalized spacial score (nSPS) is 19.2. The Hall–Kier alpha value is -1.60. The van der Waals surface area contributed by atoms with Crippen molar-refractivity contribution >= 4 is 28.3 Å². The number of morpholine rings is 1. The van der Waals surface area contributed by atoms with E-state index in [1.807, 2.05) is 6.92 Å². The van der Waals surface area contributed by atoms with Crippen LogP contribution in [0.5, 0.6) is 0 Å². The van der Waals surface area contributed by atoms with E-state index in [0.29, 0.717) is 24.8 Å². The van der Waals surface area contributed by atoms with E-state index < -0.39 is 5.97 Å². The van der Waals surface area contributed by atoms with Crippen molar-refractivity contribution < 1.29 is 19.4 Å². The van der Waals surface area contributed by atoms with E-state index in [1.165, 1.54) is 17.4 Å². The summed E-state index contributed by atoms with van der Waals surface area (Å²) in [6.45, 7) is 3.56. The van der Waals surface area contributed by atoms with E-state index in [9.17, 15) is 9.59 Å². The topological polar surface area (TPSA) is 78.9 Å². The molecule has 1 fully saturated rings. The monoisotopic (exact) mass is 284 g/mol. The van der Waals surface area contributed by atoms with Gasteiger partial charge in [0.05, 0.1) is 24.8 Å². The summed E-state index contributed by atoms with van der Waals surface area (Å²) in [5.41, 5.74) is 0.125. The quantitative estimate of drug-likeness (QED) is 0.890. The van der Waals surface area contributed by atoms with Crippen molar-refractivity contribution in [3.63, 3.8) is 0 Å². The van der Waals surface area contributed by atoms with E-state index in [1.54, 1.807) is 10.3 Å². The number of thiophene rings is 1. The van der Waals surface area contributed by atoms with Crippen LogP contribution in [0.25, 0.3) is 0 Å². The van der Waals surface area contributed by atoms with Crippen LogP contribution >= 0.6 is 11.3 Å². The zero-order valence-corrected chi connectivity index (χ0v) is 11.4. The van der Waals surface area contributed by atoms with E-state index in [2.05, 4.69) is 5.32 Å². The third-order valence-electron chi connectivity index (χ3n) is 3.08. The molecule has 0 aromatic carbocycles. The molecule has 1 saturated heterocycles. The van der Waals surface area contributed by atoms with Gasteiger partial charge in [-0.1, -0.05) is 6.92 Å². The highest BCUT2D eigenvalue weighted by molar-refractivity contribution is 7.14. The molecular weight excluding hydrogens is 268 g/mol. The molecule has 7 heteroatoms. The van der Waals surface area contributed by atoms with Gasteiger partial charge in [0.2, 0.25) is 0 Å². The van der Waals surface area contributed by atoms with Crippen molar-refractivity contribution in [1.29, 1.82) is 0 Å². The number of anilines is 1. The van der Waals surface area contributed by atoms with Crippen molar-refractivity contribution in [3.8, 4) is 0 Å². The molecule has 0 saturated carbocycles. The number of urea groups is 1. The highest BCUT2D eigenvalue weighted by Crippen LogP contribution is 2.24. The van der Waals surface area contributed by atoms with E-state index >= 15 is 0 Å². The fourth-order valence-electron chi connectivity index (χ4n) is 2.00. The minimum Gasteiger partial charge on any atom is -0.478 e. The van der Waals surface area contributed by atoms with Crippen molar-refractivity contribution in [1.82, 2.24) is 4.90 Å². The van der Waals surface area contributed by atoms with Crippen molar-refractivity contribution in [2.45, 2.75) is 19.4 Å². The SMILES string of the molecule is CCC1COCCN1C(=O)Nc1sccc1C(=O)O. The molecule has 104 valence electrons. The lowest BCUT2D eigenvalue weighted by molar-refractivity contribution is 0.0144. The Morgan fingerprint density at radius 2 is 2.42 bits per heavy atom. The van der Waals surface area contributed by atoms with Gasteiger partial charge in [0.15, 0.2) is 0 Å². The first-order valence-electron chi connectivity index (χ1n) is 6.09. The minimum atomic E-state index is -1.04. The van der Waals surface area contributed by atoms with Gasteiger partial charge >= 0.3 is 12.0 Å². The van der Waals surface area contributed by atoms with Gasteiger partial charge in [-0.2, -0.15) is 0 Å². The zero-order valence-electron chi connectivity index (χ0n) is 10.6. The molecule has 0 radical (unpaired) electrons. The Morgan fingerprint density at radius 1 is 1.63 bits per heavy atom. The lowest BCUT2D eigenvalue weighted by Crippen LogP contribution is -2.50. The van der Waals surface area contributed by atoms with Crippen LogP contribution in [0.15, 0.2) is 11.4 Å². The number of hydrogen-bond donors (Lipinski definition) is 2. The molecule has 1 atom stereocenters. The molecule has 1 aliphatic heterocycles. The molecule has 0 aliphatic carbocycles. The fourth-order valence-corrected chi connectivity index (χ4v) is 2.77. The Kier molecular flexibility index (Phi) is 4.39. The number of amides is 2. The van der Waals surface area contributed by atoms with Gasteiger partial charge in [-0.3, -0.25) is 5.32 Å². The van der Waals surface area contributed by atoms with Crippen LogP contribution in [-0.4, -0.2) is 47.8 Å². The van der Waals surface area contributed by atoms with Crippen molar-refractivity contribution in [2.24, 2.45) is 0 Å². The summed E-state index contributed by atoms with van der Waals surface area (Å²) in [7, 11) is 0. The minimum absolute atomic E-state index is 0.0435. The average molecular weight is 284 g/mol. The van der Waals surface area contributed by atoms with Gasteiger partial charge in [-0.15, -0.1) is 11.3 Å². The third-order valence-corrected chi connectivity index (χ3v) is 3.91. The van der Waals surface area contributed by atoms with Gasteiger partial charge in [0.1, 0.15) is 5.00 Å². The molecule has 1 aliphatic rings. The molecule has 2 N–H and O–H groups in total. The second-order valence-electron chi connectivity index (χ2n) is 4.23. The summed E-state index contributed by atoms with van der Waals surface area (Å²) in [6, 6.07) is 1.27. The molecule has 1 aromatic rings. The van der Waals surface area contributed by atoms with Gasteiger partial charge < -0.3 is 14.7 Å². The summed E-state index contributed by atoms with van der Waals surface area (Å²) >= 11 is 1.21. The Morgan fingerprint density at radius 3 is 3.11 bits per heavy atom. The first-order chi connectivity index (χ1) is 9.13. The number of ether oxygens (including phenoxy) is 1. The van der Waals surface area contributed by atoms with Crippen LogP contribution in [0.1, 0.15) is 23.7 Å². The average Bonchev–Trinajstić information content (AvgIpc) is 2.87. The highest BCUT2D eigenvalue weighted by Gasteiger charge is 2.27. The molecule has 6 nitrogen and oxygen atoms in total. The number of hydrogen-bond acceptors (Lipinski definition) is 4. The molecule has 2 rings (SSSR count). The van der Waals surface area contributed by atoms with Crippen LogP contribution in [0.4, 0.5) is 9.80 Å². The van der Waals surface area contributed by atoms with E-state index in [-0.39, 0.29) is 17.6 Å². The molecule has 1 unspecified atom stereocenters. The third kappa shape index (κ3) is 3.05. The van der Waals surface area contributed by atoms with Crippen LogP contribution in [-0.2, 0) is 4.74 Å². The lowest BCUT2D eigenvalue weighted by Gasteiger charge is -2.34. The maximum atomic E-state index is 12.2.